The number of nitrogens with zero attached hydrogens (tertiary/aromatic N) is 1. The number of aliphatic imine (C=N–C) groups is 1. The second-order valence-corrected chi connectivity index (χ2v) is 7.12. The predicted octanol–water partition coefficient (Wildman–Crippen LogP) is 2.31. The predicted molar refractivity (Wildman–Crippen MR) is 120 cm³/mol. The highest BCUT2D eigenvalue weighted by molar-refractivity contribution is 14.0. The van der Waals surface area contributed by atoms with Gasteiger partial charge in [-0.05, 0) is 25.8 Å². The first-order chi connectivity index (χ1) is 13.3. The van der Waals surface area contributed by atoms with E-state index in [4.69, 9.17) is 19.2 Å². The quantitative estimate of drug-likeness (QED) is 0.300. The number of rotatable bonds is 7. The summed E-state index contributed by atoms with van der Waals surface area (Å²) in [5.74, 6) is 2.35. The van der Waals surface area contributed by atoms with Gasteiger partial charge in [0.1, 0.15) is 0 Å². The molecule has 0 radical (unpaired) electrons. The van der Waals surface area contributed by atoms with Crippen molar-refractivity contribution in [3.05, 3.63) is 23.8 Å². The van der Waals surface area contributed by atoms with Gasteiger partial charge < -0.3 is 30.0 Å². The maximum Gasteiger partial charge on any atom is 0.191 e. The van der Waals surface area contributed by atoms with Gasteiger partial charge in [-0.3, -0.25) is 0 Å². The van der Waals surface area contributed by atoms with Crippen molar-refractivity contribution in [2.75, 3.05) is 46.1 Å². The Labute approximate surface area is 184 Å². The molecule has 2 heterocycles. The van der Waals surface area contributed by atoms with E-state index in [9.17, 15) is 5.11 Å². The number of aliphatic hydroxyl groups excluding tert-OH is 1. The number of benzene rings is 1. The molecule has 0 saturated carbocycles. The van der Waals surface area contributed by atoms with Crippen LogP contribution in [0.15, 0.2) is 23.2 Å². The summed E-state index contributed by atoms with van der Waals surface area (Å²) in [6, 6.07) is 5.94. The number of para-hydroxylation sites is 1. The van der Waals surface area contributed by atoms with E-state index in [-0.39, 0.29) is 36.0 Å². The lowest BCUT2D eigenvalue weighted by Gasteiger charge is -2.27. The van der Waals surface area contributed by atoms with E-state index in [1.54, 1.807) is 0 Å². The van der Waals surface area contributed by atoms with Gasteiger partial charge in [-0.25, -0.2) is 4.99 Å². The van der Waals surface area contributed by atoms with Crippen molar-refractivity contribution in [3.8, 4) is 11.5 Å². The standard InChI is InChI=1S/C20H31N3O4.HI/c1-2-21-19(23-14-20(7-9-24)8-12-25-15-20)22-13-16-5-3-6-17-18(16)27-11-4-10-26-17;/h3,5-6,24H,2,4,7-15H2,1H3,(H2,21,22,23);1H. The average Bonchev–Trinajstić information content (AvgIpc) is 3.00. The van der Waals surface area contributed by atoms with Gasteiger partial charge in [-0.1, -0.05) is 12.1 Å². The van der Waals surface area contributed by atoms with Crippen molar-refractivity contribution < 1.29 is 19.3 Å². The molecular weight excluding hydrogens is 473 g/mol. The Balaban J connectivity index is 0.00000280. The van der Waals surface area contributed by atoms with Crippen LogP contribution in [-0.4, -0.2) is 57.2 Å². The van der Waals surface area contributed by atoms with Crippen molar-refractivity contribution in [2.45, 2.75) is 32.7 Å². The second kappa shape index (κ2) is 11.7. The van der Waals surface area contributed by atoms with Gasteiger partial charge in [0.2, 0.25) is 0 Å². The fourth-order valence-corrected chi connectivity index (χ4v) is 3.47. The number of hydrogen-bond donors (Lipinski definition) is 3. The highest BCUT2D eigenvalue weighted by Gasteiger charge is 2.34. The molecular formula is C20H32IN3O4. The van der Waals surface area contributed by atoms with Gasteiger partial charge in [-0.2, -0.15) is 0 Å². The maximum absolute atomic E-state index is 9.39. The molecule has 1 atom stereocenters. The molecule has 7 nitrogen and oxygen atoms in total. The minimum atomic E-state index is -0.0221. The van der Waals surface area contributed by atoms with Gasteiger partial charge in [0.15, 0.2) is 17.5 Å². The molecule has 0 amide bonds. The molecule has 1 aromatic rings. The van der Waals surface area contributed by atoms with Crippen LogP contribution >= 0.6 is 24.0 Å². The van der Waals surface area contributed by atoms with Crippen molar-refractivity contribution in [1.29, 1.82) is 0 Å². The van der Waals surface area contributed by atoms with E-state index in [0.717, 1.165) is 62.0 Å². The Morgan fingerprint density at radius 3 is 2.82 bits per heavy atom. The minimum absolute atomic E-state index is 0. The van der Waals surface area contributed by atoms with E-state index in [1.807, 2.05) is 25.1 Å². The van der Waals surface area contributed by atoms with Gasteiger partial charge in [0.05, 0.1) is 26.4 Å². The van der Waals surface area contributed by atoms with Crippen molar-refractivity contribution >= 4 is 29.9 Å². The summed E-state index contributed by atoms with van der Waals surface area (Å²) in [5, 5.41) is 16.1. The van der Waals surface area contributed by atoms with E-state index < -0.39 is 0 Å². The first-order valence-electron chi connectivity index (χ1n) is 9.85. The molecule has 1 saturated heterocycles. The molecule has 0 spiro atoms. The highest BCUT2D eigenvalue weighted by Crippen LogP contribution is 2.34. The number of hydrogen-bond acceptors (Lipinski definition) is 5. The van der Waals surface area contributed by atoms with Crippen LogP contribution in [-0.2, 0) is 11.3 Å². The largest absolute Gasteiger partial charge is 0.490 e. The molecule has 158 valence electrons. The van der Waals surface area contributed by atoms with Crippen LogP contribution in [0.3, 0.4) is 0 Å². The van der Waals surface area contributed by atoms with Crippen molar-refractivity contribution in [2.24, 2.45) is 10.4 Å². The van der Waals surface area contributed by atoms with Crippen molar-refractivity contribution in [3.63, 3.8) is 0 Å². The summed E-state index contributed by atoms with van der Waals surface area (Å²) in [6.45, 7) is 7.00. The van der Waals surface area contributed by atoms with Crippen LogP contribution in [0.5, 0.6) is 11.5 Å². The normalized spacial score (nSPS) is 21.6. The fraction of sp³-hybridized carbons (Fsp3) is 0.650. The zero-order valence-electron chi connectivity index (χ0n) is 16.5. The van der Waals surface area contributed by atoms with Crippen LogP contribution in [0.1, 0.15) is 31.7 Å². The third-order valence-electron chi connectivity index (χ3n) is 5.06. The number of aliphatic hydroxyl groups is 1. The second-order valence-electron chi connectivity index (χ2n) is 7.12. The molecule has 28 heavy (non-hydrogen) atoms. The Bertz CT molecular complexity index is 636. The van der Waals surface area contributed by atoms with Crippen LogP contribution in [0.2, 0.25) is 0 Å². The summed E-state index contributed by atoms with van der Waals surface area (Å²) in [4.78, 5) is 4.73. The summed E-state index contributed by atoms with van der Waals surface area (Å²) >= 11 is 0. The van der Waals surface area contributed by atoms with Gasteiger partial charge in [-0.15, -0.1) is 24.0 Å². The molecule has 0 aliphatic carbocycles. The number of nitrogens with one attached hydrogen (secondary N) is 2. The summed E-state index contributed by atoms with van der Waals surface area (Å²) in [5.41, 5.74) is 0.993. The van der Waals surface area contributed by atoms with E-state index in [0.29, 0.717) is 26.4 Å². The number of halogens is 1. The summed E-state index contributed by atoms with van der Waals surface area (Å²) < 4.78 is 17.2. The Hall–Kier alpha value is -1.26. The fourth-order valence-electron chi connectivity index (χ4n) is 3.47. The summed E-state index contributed by atoms with van der Waals surface area (Å²) in [6.07, 6.45) is 2.57. The van der Waals surface area contributed by atoms with Crippen LogP contribution in [0.25, 0.3) is 0 Å². The Kier molecular flexibility index (Phi) is 9.60. The molecule has 0 bridgehead atoms. The molecule has 3 N–H and O–H groups in total. The minimum Gasteiger partial charge on any atom is -0.490 e. The van der Waals surface area contributed by atoms with E-state index in [2.05, 4.69) is 10.6 Å². The van der Waals surface area contributed by atoms with Gasteiger partial charge >= 0.3 is 0 Å². The number of ether oxygens (including phenoxy) is 3. The smallest absolute Gasteiger partial charge is 0.191 e. The Morgan fingerprint density at radius 1 is 1.21 bits per heavy atom. The van der Waals surface area contributed by atoms with E-state index in [1.165, 1.54) is 0 Å². The zero-order chi connectivity index (χ0) is 19.0. The molecule has 1 aromatic carbocycles. The van der Waals surface area contributed by atoms with E-state index >= 15 is 0 Å². The highest BCUT2D eigenvalue weighted by atomic mass is 127. The molecule has 3 rings (SSSR count). The van der Waals surface area contributed by atoms with Crippen LogP contribution in [0, 0.1) is 5.41 Å². The lowest BCUT2D eigenvalue weighted by atomic mass is 9.84. The topological polar surface area (TPSA) is 84.3 Å². The van der Waals surface area contributed by atoms with Crippen molar-refractivity contribution in [1.82, 2.24) is 10.6 Å². The Morgan fingerprint density at radius 2 is 2.07 bits per heavy atom. The monoisotopic (exact) mass is 505 g/mol. The SMILES string of the molecule is CCNC(=NCc1cccc2c1OCCCO2)NCC1(CCO)CCOC1.I. The lowest BCUT2D eigenvalue weighted by molar-refractivity contribution is 0.127. The third kappa shape index (κ3) is 6.12. The summed E-state index contributed by atoms with van der Waals surface area (Å²) in [7, 11) is 0. The van der Waals surface area contributed by atoms with Gasteiger partial charge in [0.25, 0.3) is 0 Å². The lowest BCUT2D eigenvalue weighted by Crippen LogP contribution is -2.44. The number of guanidine groups is 1. The van der Waals surface area contributed by atoms with Gasteiger partial charge in [0, 0.05) is 43.7 Å². The maximum atomic E-state index is 9.39. The molecule has 0 aromatic heterocycles. The third-order valence-corrected chi connectivity index (χ3v) is 5.06. The first-order valence-corrected chi connectivity index (χ1v) is 9.85. The molecule has 1 fully saturated rings. The molecule has 8 heteroatoms. The molecule has 2 aliphatic heterocycles. The zero-order valence-corrected chi connectivity index (χ0v) is 18.9. The molecule has 1 unspecified atom stereocenters. The van der Waals surface area contributed by atoms with Crippen LogP contribution in [0.4, 0.5) is 0 Å². The first kappa shape index (κ1) is 23.0. The number of fused-ring (bicyclic) bond motifs is 1. The average molecular weight is 505 g/mol. The van der Waals surface area contributed by atoms with Crippen LogP contribution < -0.4 is 20.1 Å². The molecule has 2 aliphatic rings.